The molecule has 0 aliphatic rings. The van der Waals surface area contributed by atoms with Crippen molar-refractivity contribution < 1.29 is 10.2 Å². The van der Waals surface area contributed by atoms with Crippen LogP contribution in [0.5, 0.6) is 0 Å². The second kappa shape index (κ2) is 4.89. The van der Waals surface area contributed by atoms with Crippen molar-refractivity contribution in [3.63, 3.8) is 0 Å². The van der Waals surface area contributed by atoms with Crippen molar-refractivity contribution in [1.29, 1.82) is 5.26 Å². The van der Waals surface area contributed by atoms with Crippen molar-refractivity contribution in [2.24, 2.45) is 5.73 Å². The van der Waals surface area contributed by atoms with Gasteiger partial charge in [0, 0.05) is 12.1 Å². The molecular weight excluding hydrogens is 192 g/mol. The van der Waals surface area contributed by atoms with E-state index < -0.39 is 12.2 Å². The van der Waals surface area contributed by atoms with E-state index in [9.17, 15) is 10.2 Å². The molecular formula is C11H14N2O2. The molecule has 0 amide bonds. The molecule has 80 valence electrons. The molecule has 0 saturated carbocycles. The fourth-order valence-corrected chi connectivity index (χ4v) is 1.36. The standard InChI is InChI=1S/C11H14N2O2/c1-7-2-3-8(5-12)9(4-7)11(15)10(14)6-13/h2-4,10-11,14-15H,6,13H2,1H3. The number of nitrogens with zero attached hydrogens (tertiary/aromatic N) is 1. The van der Waals surface area contributed by atoms with Gasteiger partial charge in [0.1, 0.15) is 6.10 Å². The van der Waals surface area contributed by atoms with E-state index in [1.165, 1.54) is 0 Å². The van der Waals surface area contributed by atoms with Crippen LogP contribution >= 0.6 is 0 Å². The van der Waals surface area contributed by atoms with Gasteiger partial charge in [-0.15, -0.1) is 0 Å². The van der Waals surface area contributed by atoms with Gasteiger partial charge in [0.05, 0.1) is 17.7 Å². The molecule has 1 aromatic carbocycles. The van der Waals surface area contributed by atoms with Crippen molar-refractivity contribution in [2.75, 3.05) is 6.54 Å². The van der Waals surface area contributed by atoms with Crippen molar-refractivity contribution in [2.45, 2.75) is 19.1 Å². The lowest BCUT2D eigenvalue weighted by Crippen LogP contribution is -2.27. The number of aliphatic hydroxyl groups is 2. The number of aliphatic hydroxyl groups excluding tert-OH is 2. The third-order valence-electron chi connectivity index (χ3n) is 2.25. The maximum atomic E-state index is 9.74. The summed E-state index contributed by atoms with van der Waals surface area (Å²) >= 11 is 0. The number of hydrogen-bond donors (Lipinski definition) is 3. The van der Waals surface area contributed by atoms with Crippen LogP contribution in [0, 0.1) is 18.3 Å². The molecule has 0 heterocycles. The summed E-state index contributed by atoms with van der Waals surface area (Å²) in [5, 5.41) is 28.0. The van der Waals surface area contributed by atoms with Crippen LogP contribution in [0.1, 0.15) is 22.8 Å². The summed E-state index contributed by atoms with van der Waals surface area (Å²) in [4.78, 5) is 0. The Kier molecular flexibility index (Phi) is 3.81. The molecule has 4 nitrogen and oxygen atoms in total. The van der Waals surface area contributed by atoms with E-state index in [1.807, 2.05) is 13.0 Å². The van der Waals surface area contributed by atoms with Gasteiger partial charge < -0.3 is 15.9 Å². The summed E-state index contributed by atoms with van der Waals surface area (Å²) in [7, 11) is 0. The van der Waals surface area contributed by atoms with Gasteiger partial charge in [-0.25, -0.2) is 0 Å². The van der Waals surface area contributed by atoms with Gasteiger partial charge in [-0.05, 0) is 13.0 Å². The number of nitriles is 1. The molecule has 0 aromatic heterocycles. The molecule has 4 heteroatoms. The highest BCUT2D eigenvalue weighted by molar-refractivity contribution is 5.41. The summed E-state index contributed by atoms with van der Waals surface area (Å²) in [5.74, 6) is 0. The average molecular weight is 206 g/mol. The zero-order chi connectivity index (χ0) is 11.4. The molecule has 0 radical (unpaired) electrons. The van der Waals surface area contributed by atoms with Gasteiger partial charge in [0.25, 0.3) is 0 Å². The molecule has 15 heavy (non-hydrogen) atoms. The molecule has 0 fully saturated rings. The number of hydrogen-bond acceptors (Lipinski definition) is 4. The zero-order valence-electron chi connectivity index (χ0n) is 8.51. The predicted octanol–water partition coefficient (Wildman–Crippen LogP) is 0.220. The van der Waals surface area contributed by atoms with Crippen LogP contribution in [0.25, 0.3) is 0 Å². The largest absolute Gasteiger partial charge is 0.389 e. The maximum Gasteiger partial charge on any atom is 0.107 e. The first-order valence-electron chi connectivity index (χ1n) is 4.67. The van der Waals surface area contributed by atoms with Gasteiger partial charge >= 0.3 is 0 Å². The van der Waals surface area contributed by atoms with Crippen LogP contribution in [0.4, 0.5) is 0 Å². The Hall–Kier alpha value is -1.41. The van der Waals surface area contributed by atoms with E-state index >= 15 is 0 Å². The summed E-state index contributed by atoms with van der Waals surface area (Å²) < 4.78 is 0. The van der Waals surface area contributed by atoms with Gasteiger partial charge in [-0.3, -0.25) is 0 Å². The normalized spacial score (nSPS) is 14.3. The van der Waals surface area contributed by atoms with Crippen LogP contribution in [-0.4, -0.2) is 22.9 Å². The number of aryl methyl sites for hydroxylation is 1. The van der Waals surface area contributed by atoms with Crippen molar-refractivity contribution >= 4 is 0 Å². The number of benzene rings is 1. The Morgan fingerprint density at radius 2 is 2.13 bits per heavy atom. The maximum absolute atomic E-state index is 9.74. The minimum atomic E-state index is -1.11. The van der Waals surface area contributed by atoms with E-state index in [2.05, 4.69) is 0 Å². The third kappa shape index (κ3) is 2.54. The minimum absolute atomic E-state index is 0.0417. The smallest absolute Gasteiger partial charge is 0.107 e. The quantitative estimate of drug-likeness (QED) is 0.659. The Labute approximate surface area is 88.6 Å². The first kappa shape index (κ1) is 11.7. The van der Waals surface area contributed by atoms with E-state index in [0.717, 1.165) is 5.56 Å². The van der Waals surface area contributed by atoms with E-state index in [4.69, 9.17) is 11.0 Å². The molecule has 0 saturated heterocycles. The van der Waals surface area contributed by atoms with E-state index in [-0.39, 0.29) is 6.54 Å². The molecule has 1 aromatic rings. The summed E-state index contributed by atoms with van der Waals surface area (Å²) in [6.07, 6.45) is -2.15. The molecule has 0 spiro atoms. The first-order valence-corrected chi connectivity index (χ1v) is 4.67. The molecule has 2 unspecified atom stereocenters. The predicted molar refractivity (Wildman–Crippen MR) is 55.9 cm³/mol. The first-order chi connectivity index (χ1) is 7.10. The molecule has 0 aliphatic carbocycles. The monoisotopic (exact) mass is 206 g/mol. The molecule has 0 aliphatic heterocycles. The molecule has 4 N–H and O–H groups in total. The lowest BCUT2D eigenvalue weighted by atomic mass is 9.97. The number of rotatable bonds is 3. The minimum Gasteiger partial charge on any atom is -0.389 e. The lowest BCUT2D eigenvalue weighted by Gasteiger charge is -2.17. The van der Waals surface area contributed by atoms with Crippen molar-refractivity contribution in [3.8, 4) is 6.07 Å². The highest BCUT2D eigenvalue weighted by Crippen LogP contribution is 2.21. The summed E-state index contributed by atoms with van der Waals surface area (Å²) in [6.45, 7) is 1.81. The Bertz CT molecular complexity index is 385. The highest BCUT2D eigenvalue weighted by Gasteiger charge is 2.19. The van der Waals surface area contributed by atoms with Crippen molar-refractivity contribution in [1.82, 2.24) is 0 Å². The zero-order valence-corrected chi connectivity index (χ0v) is 8.51. The van der Waals surface area contributed by atoms with E-state index in [1.54, 1.807) is 18.2 Å². The second-order valence-electron chi connectivity index (χ2n) is 3.45. The van der Waals surface area contributed by atoms with Crippen molar-refractivity contribution in [3.05, 3.63) is 34.9 Å². The molecule has 1 rings (SSSR count). The lowest BCUT2D eigenvalue weighted by molar-refractivity contribution is 0.0241. The van der Waals surface area contributed by atoms with Gasteiger partial charge in [0.15, 0.2) is 0 Å². The van der Waals surface area contributed by atoms with Crippen LogP contribution in [0.15, 0.2) is 18.2 Å². The second-order valence-corrected chi connectivity index (χ2v) is 3.45. The van der Waals surface area contributed by atoms with Crippen LogP contribution < -0.4 is 5.73 Å². The number of nitrogens with two attached hydrogens (primary N) is 1. The topological polar surface area (TPSA) is 90.3 Å². The fourth-order valence-electron chi connectivity index (χ4n) is 1.36. The Balaban J connectivity index is 3.12. The van der Waals surface area contributed by atoms with Crippen LogP contribution in [0.2, 0.25) is 0 Å². The van der Waals surface area contributed by atoms with E-state index in [0.29, 0.717) is 11.1 Å². The third-order valence-corrected chi connectivity index (χ3v) is 2.25. The van der Waals surface area contributed by atoms with Gasteiger partial charge in [-0.1, -0.05) is 17.7 Å². The Morgan fingerprint density at radius 1 is 1.47 bits per heavy atom. The Morgan fingerprint density at radius 3 is 2.67 bits per heavy atom. The SMILES string of the molecule is Cc1ccc(C#N)c(C(O)C(O)CN)c1. The van der Waals surface area contributed by atoms with Crippen LogP contribution in [0.3, 0.4) is 0 Å². The summed E-state index contributed by atoms with van der Waals surface area (Å²) in [6, 6.07) is 7.06. The van der Waals surface area contributed by atoms with Crippen LogP contribution in [-0.2, 0) is 0 Å². The van der Waals surface area contributed by atoms with Gasteiger partial charge in [-0.2, -0.15) is 5.26 Å². The average Bonchev–Trinajstić information content (AvgIpc) is 2.27. The molecule has 2 atom stereocenters. The summed E-state index contributed by atoms with van der Waals surface area (Å²) in [5.41, 5.74) is 6.96. The van der Waals surface area contributed by atoms with Gasteiger partial charge in [0.2, 0.25) is 0 Å². The highest BCUT2D eigenvalue weighted by atomic mass is 16.3. The molecule has 0 bridgehead atoms. The fraction of sp³-hybridized carbons (Fsp3) is 0.364.